The third kappa shape index (κ3) is 7.66. The third-order valence-electron chi connectivity index (χ3n) is 4.96. The first-order valence-corrected chi connectivity index (χ1v) is 11.6. The lowest BCUT2D eigenvalue weighted by Crippen LogP contribution is -2.09. The number of rotatable bonds is 12. The molecule has 0 aromatic heterocycles. The van der Waals surface area contributed by atoms with Crippen LogP contribution in [0.15, 0.2) is 72.8 Å². The highest BCUT2D eigenvalue weighted by molar-refractivity contribution is 5.92. The Labute approximate surface area is 200 Å². The molecule has 0 aliphatic rings. The molecular weight excluding hydrogens is 432 g/mol. The maximum atomic E-state index is 12.4. The Morgan fingerprint density at radius 1 is 0.529 bits per heavy atom. The van der Waals surface area contributed by atoms with Crippen molar-refractivity contribution < 1.29 is 28.5 Å². The fourth-order valence-electron chi connectivity index (χ4n) is 2.95. The van der Waals surface area contributed by atoms with Gasteiger partial charge in [-0.05, 0) is 85.6 Å². The van der Waals surface area contributed by atoms with Gasteiger partial charge in [0.15, 0.2) is 0 Å². The van der Waals surface area contributed by atoms with E-state index in [-0.39, 0.29) is 0 Å². The van der Waals surface area contributed by atoms with Crippen molar-refractivity contribution in [2.75, 3.05) is 13.2 Å². The average Bonchev–Trinajstić information content (AvgIpc) is 2.86. The number of esters is 2. The van der Waals surface area contributed by atoms with Crippen molar-refractivity contribution in [3.8, 4) is 23.0 Å². The standard InChI is InChI=1S/C28H30O6/c1-3-5-19-31-23-11-7-21(8-12-23)27(29)33-25-15-17-26(18-16-25)34-28(30)22-9-13-24(14-10-22)32-20-6-4-2/h7-18H,3-6,19-20H2,1-2H3. The highest BCUT2D eigenvalue weighted by Gasteiger charge is 2.11. The molecule has 178 valence electrons. The summed E-state index contributed by atoms with van der Waals surface area (Å²) in [7, 11) is 0. The van der Waals surface area contributed by atoms with Crippen LogP contribution in [0.25, 0.3) is 0 Å². The third-order valence-corrected chi connectivity index (χ3v) is 4.96. The summed E-state index contributed by atoms with van der Waals surface area (Å²) in [6.07, 6.45) is 4.08. The Bertz CT molecular complexity index is 953. The fraction of sp³-hybridized carbons (Fsp3) is 0.286. The lowest BCUT2D eigenvalue weighted by atomic mass is 10.2. The minimum absolute atomic E-state index is 0.349. The molecule has 0 aliphatic heterocycles. The number of benzene rings is 3. The molecule has 0 unspecified atom stereocenters. The Morgan fingerprint density at radius 2 is 0.853 bits per heavy atom. The van der Waals surface area contributed by atoms with Crippen LogP contribution < -0.4 is 18.9 Å². The van der Waals surface area contributed by atoms with Crippen molar-refractivity contribution in [3.05, 3.63) is 83.9 Å². The van der Waals surface area contributed by atoms with Crippen molar-refractivity contribution >= 4 is 11.9 Å². The van der Waals surface area contributed by atoms with E-state index in [0.717, 1.165) is 37.2 Å². The Balaban J connectivity index is 1.50. The quantitative estimate of drug-likeness (QED) is 0.174. The molecule has 0 heterocycles. The predicted molar refractivity (Wildman–Crippen MR) is 130 cm³/mol. The molecular formula is C28H30O6. The summed E-state index contributed by atoms with van der Waals surface area (Å²) in [5.41, 5.74) is 0.834. The van der Waals surface area contributed by atoms with Crippen LogP contribution in [-0.4, -0.2) is 25.2 Å². The lowest BCUT2D eigenvalue weighted by Gasteiger charge is -2.09. The molecule has 3 aromatic carbocycles. The maximum Gasteiger partial charge on any atom is 0.343 e. The van der Waals surface area contributed by atoms with Crippen LogP contribution in [0.3, 0.4) is 0 Å². The SMILES string of the molecule is CCCCOc1ccc(C(=O)Oc2ccc(OC(=O)c3ccc(OCCCC)cc3)cc2)cc1. The summed E-state index contributed by atoms with van der Waals surface area (Å²) in [6.45, 7) is 5.50. The van der Waals surface area contributed by atoms with E-state index in [0.29, 0.717) is 35.8 Å². The van der Waals surface area contributed by atoms with Gasteiger partial charge in [-0.3, -0.25) is 0 Å². The van der Waals surface area contributed by atoms with Crippen LogP contribution in [0.2, 0.25) is 0 Å². The number of hydrogen-bond donors (Lipinski definition) is 0. The smallest absolute Gasteiger partial charge is 0.343 e. The van der Waals surface area contributed by atoms with Crippen LogP contribution in [0.5, 0.6) is 23.0 Å². The molecule has 6 nitrogen and oxygen atoms in total. The van der Waals surface area contributed by atoms with Gasteiger partial charge in [0.25, 0.3) is 0 Å². The molecule has 6 heteroatoms. The topological polar surface area (TPSA) is 71.1 Å². The molecule has 0 aliphatic carbocycles. The van der Waals surface area contributed by atoms with Gasteiger partial charge in [0.1, 0.15) is 23.0 Å². The minimum Gasteiger partial charge on any atom is -0.494 e. The van der Waals surface area contributed by atoms with Gasteiger partial charge in [0, 0.05) is 0 Å². The van der Waals surface area contributed by atoms with Crippen LogP contribution in [0.1, 0.15) is 60.2 Å². The largest absolute Gasteiger partial charge is 0.494 e. The number of carbonyl (C=O) groups excluding carboxylic acids is 2. The van der Waals surface area contributed by atoms with Crippen LogP contribution >= 0.6 is 0 Å². The maximum absolute atomic E-state index is 12.4. The highest BCUT2D eigenvalue weighted by Crippen LogP contribution is 2.21. The number of hydrogen-bond acceptors (Lipinski definition) is 6. The van der Waals surface area contributed by atoms with Crippen molar-refractivity contribution in [2.24, 2.45) is 0 Å². The van der Waals surface area contributed by atoms with Gasteiger partial charge >= 0.3 is 11.9 Å². The molecule has 3 rings (SSSR count). The minimum atomic E-state index is -0.480. The zero-order valence-electron chi connectivity index (χ0n) is 19.6. The first-order chi connectivity index (χ1) is 16.6. The van der Waals surface area contributed by atoms with Gasteiger partial charge in [0.05, 0.1) is 24.3 Å². The molecule has 0 spiro atoms. The zero-order valence-corrected chi connectivity index (χ0v) is 19.6. The van der Waals surface area contributed by atoms with E-state index in [1.165, 1.54) is 0 Å². The molecule has 0 saturated carbocycles. The summed E-state index contributed by atoms with van der Waals surface area (Å²) in [5, 5.41) is 0. The molecule has 34 heavy (non-hydrogen) atoms. The normalized spacial score (nSPS) is 10.4. The van der Waals surface area contributed by atoms with E-state index in [4.69, 9.17) is 18.9 Å². The van der Waals surface area contributed by atoms with E-state index in [1.54, 1.807) is 72.8 Å². The van der Waals surface area contributed by atoms with E-state index in [9.17, 15) is 9.59 Å². The number of ether oxygens (including phenoxy) is 4. The van der Waals surface area contributed by atoms with Gasteiger partial charge in [-0.25, -0.2) is 9.59 Å². The molecule has 3 aromatic rings. The van der Waals surface area contributed by atoms with Crippen LogP contribution in [-0.2, 0) is 0 Å². The summed E-state index contributed by atoms with van der Waals surface area (Å²) in [5.74, 6) is 1.17. The van der Waals surface area contributed by atoms with E-state index < -0.39 is 11.9 Å². The molecule has 0 atom stereocenters. The van der Waals surface area contributed by atoms with E-state index in [2.05, 4.69) is 13.8 Å². The van der Waals surface area contributed by atoms with Gasteiger partial charge in [-0.15, -0.1) is 0 Å². The Morgan fingerprint density at radius 3 is 1.18 bits per heavy atom. The molecule has 0 amide bonds. The monoisotopic (exact) mass is 462 g/mol. The summed E-state index contributed by atoms with van der Waals surface area (Å²) in [6, 6.07) is 20.0. The Hall–Kier alpha value is -3.80. The van der Waals surface area contributed by atoms with Crippen molar-refractivity contribution in [2.45, 2.75) is 39.5 Å². The first kappa shape index (κ1) is 24.8. The summed E-state index contributed by atoms with van der Waals surface area (Å²) in [4.78, 5) is 24.8. The van der Waals surface area contributed by atoms with Gasteiger partial charge in [0.2, 0.25) is 0 Å². The molecule has 0 saturated heterocycles. The second kappa shape index (κ2) is 13.0. The number of carbonyl (C=O) groups is 2. The molecule has 0 fully saturated rings. The first-order valence-electron chi connectivity index (χ1n) is 11.6. The molecule has 0 bridgehead atoms. The molecule has 0 N–H and O–H groups in total. The van der Waals surface area contributed by atoms with Gasteiger partial charge < -0.3 is 18.9 Å². The van der Waals surface area contributed by atoms with Crippen molar-refractivity contribution in [3.63, 3.8) is 0 Å². The van der Waals surface area contributed by atoms with Gasteiger partial charge in [-0.2, -0.15) is 0 Å². The van der Waals surface area contributed by atoms with Crippen LogP contribution in [0.4, 0.5) is 0 Å². The summed E-state index contributed by atoms with van der Waals surface area (Å²) < 4.78 is 22.0. The van der Waals surface area contributed by atoms with Gasteiger partial charge in [-0.1, -0.05) is 26.7 Å². The van der Waals surface area contributed by atoms with Crippen molar-refractivity contribution in [1.82, 2.24) is 0 Å². The second-order valence-electron chi connectivity index (χ2n) is 7.70. The van der Waals surface area contributed by atoms with Crippen LogP contribution in [0, 0.1) is 0 Å². The highest BCUT2D eigenvalue weighted by atomic mass is 16.5. The zero-order chi connectivity index (χ0) is 24.2. The molecule has 0 radical (unpaired) electrons. The average molecular weight is 463 g/mol. The number of unbranched alkanes of at least 4 members (excludes halogenated alkanes) is 2. The summed E-state index contributed by atoms with van der Waals surface area (Å²) >= 11 is 0. The van der Waals surface area contributed by atoms with Crippen molar-refractivity contribution in [1.29, 1.82) is 0 Å². The predicted octanol–water partition coefficient (Wildman–Crippen LogP) is 6.48. The van der Waals surface area contributed by atoms with E-state index in [1.807, 2.05) is 0 Å². The fourth-order valence-corrected chi connectivity index (χ4v) is 2.95. The van der Waals surface area contributed by atoms with E-state index >= 15 is 0 Å². The lowest BCUT2D eigenvalue weighted by molar-refractivity contribution is 0.0719. The Kier molecular flexibility index (Phi) is 9.52. The second-order valence-corrected chi connectivity index (χ2v) is 7.70.